The lowest BCUT2D eigenvalue weighted by atomic mass is 9.67. The van der Waals surface area contributed by atoms with Crippen molar-refractivity contribution >= 4 is 66.4 Å². The van der Waals surface area contributed by atoms with Crippen molar-refractivity contribution in [1.82, 2.24) is 0 Å². The van der Waals surface area contributed by atoms with Crippen molar-refractivity contribution in [2.45, 2.75) is 5.41 Å². The Balaban J connectivity index is 0.965. The molecule has 2 heteroatoms. The molecule has 0 aliphatic heterocycles. The monoisotopic (exact) mass is 802 g/mol. The molecule has 0 unspecified atom stereocenters. The zero-order valence-electron chi connectivity index (χ0n) is 34.6. The van der Waals surface area contributed by atoms with Gasteiger partial charge in [0.15, 0.2) is 0 Å². The van der Waals surface area contributed by atoms with Crippen LogP contribution in [0.4, 0.5) is 34.1 Å². The fourth-order valence-corrected chi connectivity index (χ4v) is 10.2. The normalized spacial score (nSPS) is 12.6. The highest BCUT2D eigenvalue weighted by Crippen LogP contribution is 2.57. The number of anilines is 6. The number of hydrogen-bond acceptors (Lipinski definition) is 2. The van der Waals surface area contributed by atoms with Gasteiger partial charge in [0.2, 0.25) is 0 Å². The van der Waals surface area contributed by atoms with Crippen molar-refractivity contribution < 1.29 is 0 Å². The summed E-state index contributed by atoms with van der Waals surface area (Å²) >= 11 is 0. The molecule has 0 amide bonds. The number of hydrogen-bond donors (Lipinski definition) is 0. The van der Waals surface area contributed by atoms with E-state index in [0.717, 1.165) is 39.7 Å². The van der Waals surface area contributed by atoms with Crippen molar-refractivity contribution in [1.29, 1.82) is 0 Å². The molecule has 1 aliphatic carbocycles. The van der Waals surface area contributed by atoms with Gasteiger partial charge in [0.05, 0.1) is 5.41 Å². The third kappa shape index (κ3) is 6.02. The standard InChI is InChI=1S/C61H42N2/c1-5-19-49(20-6-1)61(50-21-7-2-8-22-50)57-27-15-18-46-28-29-48-41-56(42-58(61)60(48)59(46)57)63(52-25-11-4-12-26-52)54-37-32-45(33-38-54)44-30-35-53(36-31-44)62(51-23-9-3-10-24-51)55-39-34-43-16-13-14-17-47(43)40-55/h1-42H. The van der Waals surface area contributed by atoms with Gasteiger partial charge in [0.25, 0.3) is 0 Å². The van der Waals surface area contributed by atoms with Crippen LogP contribution in [-0.4, -0.2) is 0 Å². The molecule has 2 nitrogen and oxygen atoms in total. The van der Waals surface area contributed by atoms with Gasteiger partial charge in [-0.1, -0.05) is 182 Å². The second-order valence-electron chi connectivity index (χ2n) is 16.5. The minimum absolute atomic E-state index is 0.497. The Morgan fingerprint density at radius 1 is 0.238 bits per heavy atom. The highest BCUT2D eigenvalue weighted by Gasteiger charge is 2.45. The van der Waals surface area contributed by atoms with E-state index in [4.69, 9.17) is 0 Å². The summed E-state index contributed by atoms with van der Waals surface area (Å²) in [6, 6.07) is 93.2. The third-order valence-corrected chi connectivity index (χ3v) is 13.0. The molecule has 0 bridgehead atoms. The van der Waals surface area contributed by atoms with Gasteiger partial charge in [0, 0.05) is 34.1 Å². The second-order valence-corrected chi connectivity index (χ2v) is 16.5. The maximum Gasteiger partial charge on any atom is 0.0714 e. The van der Waals surface area contributed by atoms with E-state index in [1.54, 1.807) is 0 Å². The average molecular weight is 803 g/mol. The molecule has 1 aliphatic rings. The molecule has 0 saturated carbocycles. The van der Waals surface area contributed by atoms with Gasteiger partial charge in [-0.05, 0) is 138 Å². The molecule has 0 N–H and O–H groups in total. The van der Waals surface area contributed by atoms with E-state index in [1.807, 2.05) is 0 Å². The number of fused-ring (bicyclic) bond motifs is 1. The van der Waals surface area contributed by atoms with Crippen LogP contribution in [0.25, 0.3) is 43.4 Å². The van der Waals surface area contributed by atoms with Gasteiger partial charge < -0.3 is 9.80 Å². The molecule has 0 radical (unpaired) electrons. The fraction of sp³-hybridized carbons (Fsp3) is 0.0164. The molecule has 0 heterocycles. The predicted octanol–water partition coefficient (Wildman–Crippen LogP) is 16.4. The van der Waals surface area contributed by atoms with Gasteiger partial charge >= 0.3 is 0 Å². The van der Waals surface area contributed by atoms with E-state index in [9.17, 15) is 0 Å². The van der Waals surface area contributed by atoms with E-state index < -0.39 is 5.41 Å². The molecule has 63 heavy (non-hydrogen) atoms. The molecule has 0 fully saturated rings. The van der Waals surface area contributed by atoms with E-state index in [-0.39, 0.29) is 0 Å². The Bertz CT molecular complexity index is 3380. The third-order valence-electron chi connectivity index (χ3n) is 13.0. The van der Waals surface area contributed by atoms with Crippen LogP contribution in [0.5, 0.6) is 0 Å². The SMILES string of the molecule is c1ccc(N(c2ccc(-c3ccc(N(c4ccccc4)c4cc5c6c(ccc7cccc(c76)C5(c5ccccc5)c5ccccc5)c4)cc3)cc2)c2ccc3ccccc3c2)cc1. The molecular formula is C61H42N2. The lowest BCUT2D eigenvalue weighted by Crippen LogP contribution is -2.29. The Morgan fingerprint density at radius 3 is 1.24 bits per heavy atom. The first-order valence-corrected chi connectivity index (χ1v) is 21.8. The summed E-state index contributed by atoms with van der Waals surface area (Å²) in [5.41, 5.74) is 13.7. The van der Waals surface area contributed by atoms with Crippen LogP contribution in [0.3, 0.4) is 0 Å². The molecule has 0 spiro atoms. The minimum Gasteiger partial charge on any atom is -0.310 e. The van der Waals surface area contributed by atoms with Crippen LogP contribution in [0, 0.1) is 0 Å². The van der Waals surface area contributed by atoms with E-state index >= 15 is 0 Å². The maximum absolute atomic E-state index is 2.47. The first-order valence-electron chi connectivity index (χ1n) is 21.8. The van der Waals surface area contributed by atoms with Crippen LogP contribution in [0.1, 0.15) is 22.3 Å². The van der Waals surface area contributed by atoms with Gasteiger partial charge in [-0.25, -0.2) is 0 Å². The van der Waals surface area contributed by atoms with Gasteiger partial charge in [0.1, 0.15) is 0 Å². The summed E-state index contributed by atoms with van der Waals surface area (Å²) in [5, 5.41) is 7.64. The Labute approximate surface area is 368 Å². The quantitative estimate of drug-likeness (QED) is 0.134. The minimum atomic E-state index is -0.497. The van der Waals surface area contributed by atoms with Crippen LogP contribution in [0.15, 0.2) is 255 Å². The summed E-state index contributed by atoms with van der Waals surface area (Å²) in [4.78, 5) is 4.75. The van der Waals surface area contributed by atoms with E-state index in [0.29, 0.717) is 0 Å². The smallest absolute Gasteiger partial charge is 0.0714 e. The summed E-state index contributed by atoms with van der Waals surface area (Å²) in [5.74, 6) is 0. The maximum atomic E-state index is 2.47. The van der Waals surface area contributed by atoms with Crippen molar-refractivity contribution in [2.24, 2.45) is 0 Å². The van der Waals surface area contributed by atoms with Crippen molar-refractivity contribution in [3.8, 4) is 11.1 Å². The molecule has 0 atom stereocenters. The Morgan fingerprint density at radius 2 is 0.651 bits per heavy atom. The largest absolute Gasteiger partial charge is 0.310 e. The van der Waals surface area contributed by atoms with Crippen molar-refractivity contribution in [2.75, 3.05) is 9.80 Å². The summed E-state index contributed by atoms with van der Waals surface area (Å²) < 4.78 is 0. The molecule has 0 saturated heterocycles. The number of para-hydroxylation sites is 2. The van der Waals surface area contributed by atoms with Crippen LogP contribution in [-0.2, 0) is 5.41 Å². The topological polar surface area (TPSA) is 6.48 Å². The second kappa shape index (κ2) is 15.1. The summed E-state index contributed by atoms with van der Waals surface area (Å²) in [6.45, 7) is 0. The average Bonchev–Trinajstić information content (AvgIpc) is 3.67. The van der Waals surface area contributed by atoms with Crippen LogP contribution >= 0.6 is 0 Å². The fourth-order valence-electron chi connectivity index (χ4n) is 10.2. The molecular weight excluding hydrogens is 761 g/mol. The lowest BCUT2D eigenvalue weighted by molar-refractivity contribution is 0.771. The molecule has 11 aromatic rings. The summed E-state index contributed by atoms with van der Waals surface area (Å²) in [7, 11) is 0. The first kappa shape index (κ1) is 36.6. The molecule has 296 valence electrons. The molecule has 0 aromatic heterocycles. The van der Waals surface area contributed by atoms with Gasteiger partial charge in [-0.15, -0.1) is 0 Å². The number of benzene rings is 11. The molecule has 12 rings (SSSR count). The number of nitrogens with zero attached hydrogens (tertiary/aromatic N) is 2. The van der Waals surface area contributed by atoms with Gasteiger partial charge in [-0.2, -0.15) is 0 Å². The zero-order valence-corrected chi connectivity index (χ0v) is 34.6. The Kier molecular flexibility index (Phi) is 8.76. The zero-order chi connectivity index (χ0) is 41.7. The Hall–Kier alpha value is -8.20. The predicted molar refractivity (Wildman–Crippen MR) is 266 cm³/mol. The van der Waals surface area contributed by atoms with E-state index in [2.05, 4.69) is 265 Å². The lowest BCUT2D eigenvalue weighted by Gasteiger charge is -2.35. The van der Waals surface area contributed by atoms with Crippen molar-refractivity contribution in [3.05, 3.63) is 277 Å². The highest BCUT2D eigenvalue weighted by molar-refractivity contribution is 6.17. The number of rotatable bonds is 9. The van der Waals surface area contributed by atoms with Gasteiger partial charge in [-0.3, -0.25) is 0 Å². The van der Waals surface area contributed by atoms with Crippen LogP contribution in [0.2, 0.25) is 0 Å². The first-order chi connectivity index (χ1) is 31.2. The molecule has 11 aromatic carbocycles. The highest BCUT2D eigenvalue weighted by atomic mass is 15.1. The van der Waals surface area contributed by atoms with E-state index in [1.165, 1.54) is 60.1 Å². The summed E-state index contributed by atoms with van der Waals surface area (Å²) in [6.07, 6.45) is 0. The van der Waals surface area contributed by atoms with Crippen molar-refractivity contribution in [3.63, 3.8) is 0 Å². The van der Waals surface area contributed by atoms with Crippen LogP contribution < -0.4 is 9.80 Å².